The van der Waals surface area contributed by atoms with E-state index in [1.807, 2.05) is 18.2 Å². The Morgan fingerprint density at radius 1 is 0.453 bits per heavy atom. The van der Waals surface area contributed by atoms with Gasteiger partial charge in [-0.3, -0.25) is 14.5 Å². The van der Waals surface area contributed by atoms with Crippen LogP contribution in [0.15, 0.2) is 103 Å². The molecule has 5 nitrogen and oxygen atoms in total. The Morgan fingerprint density at radius 2 is 0.880 bits per heavy atom. The maximum absolute atomic E-state index is 14.6. The minimum atomic E-state index is -0.228. The third-order valence-electron chi connectivity index (χ3n) is 18.2. The number of hydrogen-bond acceptors (Lipinski definition) is 4. The number of imide groups is 1. The van der Waals surface area contributed by atoms with Crippen LogP contribution < -0.4 is 4.90 Å². The molecule has 5 heteroatoms. The summed E-state index contributed by atoms with van der Waals surface area (Å²) in [5, 5.41) is 1.77. The first-order chi connectivity index (χ1) is 36.7. The zero-order valence-electron chi connectivity index (χ0n) is 46.5. The summed E-state index contributed by atoms with van der Waals surface area (Å²) in [4.78, 5) is 33.0. The molecule has 1 atom stereocenters. The van der Waals surface area contributed by atoms with Gasteiger partial charge in [0, 0.05) is 58.1 Å². The highest BCUT2D eigenvalue weighted by molar-refractivity contribution is 6.26. The summed E-state index contributed by atoms with van der Waals surface area (Å²) in [7, 11) is 0. The van der Waals surface area contributed by atoms with Gasteiger partial charge in [0.15, 0.2) is 0 Å². The van der Waals surface area contributed by atoms with Gasteiger partial charge in [0.1, 0.15) is 0 Å². The van der Waals surface area contributed by atoms with E-state index < -0.39 is 0 Å². The molecule has 0 saturated carbocycles. The SMILES string of the molecule is CCCCCCCCC1(CCCCCCCC)c2cc(C)ccc2-c2ccc(Cc3ccc4c(c3)C(CCCCCC)(CCCN3C(=O)c5cccc6c(N7CCOCC7)ccc(c56)C3=O)c3cc(C)ccc3-4)cc21. The van der Waals surface area contributed by atoms with Gasteiger partial charge in [-0.15, -0.1) is 0 Å². The second-order valence-corrected chi connectivity index (χ2v) is 23.4. The molecule has 0 spiro atoms. The van der Waals surface area contributed by atoms with Gasteiger partial charge in [0.25, 0.3) is 11.8 Å². The van der Waals surface area contributed by atoms with E-state index in [4.69, 9.17) is 4.74 Å². The molecule has 10 rings (SSSR count). The van der Waals surface area contributed by atoms with Gasteiger partial charge in [0.05, 0.1) is 13.2 Å². The van der Waals surface area contributed by atoms with E-state index in [9.17, 15) is 9.59 Å². The largest absolute Gasteiger partial charge is 0.378 e. The first kappa shape index (κ1) is 52.9. The van der Waals surface area contributed by atoms with Gasteiger partial charge >= 0.3 is 0 Å². The lowest BCUT2D eigenvalue weighted by Gasteiger charge is -2.35. The molecule has 6 aromatic carbocycles. The van der Waals surface area contributed by atoms with E-state index in [1.165, 1.54) is 165 Å². The van der Waals surface area contributed by atoms with Crippen LogP contribution in [0.1, 0.15) is 221 Å². The highest BCUT2D eigenvalue weighted by atomic mass is 16.5. The zero-order valence-corrected chi connectivity index (χ0v) is 46.5. The minimum absolute atomic E-state index is 0.0465. The minimum Gasteiger partial charge on any atom is -0.378 e. The molecule has 75 heavy (non-hydrogen) atoms. The smallest absolute Gasteiger partial charge is 0.261 e. The Kier molecular flexibility index (Phi) is 16.8. The number of rotatable bonds is 26. The van der Waals surface area contributed by atoms with Crippen molar-refractivity contribution in [2.75, 3.05) is 37.7 Å². The van der Waals surface area contributed by atoms with Crippen LogP contribution in [-0.4, -0.2) is 49.6 Å². The van der Waals surface area contributed by atoms with Crippen molar-refractivity contribution in [3.8, 4) is 22.3 Å². The highest BCUT2D eigenvalue weighted by Crippen LogP contribution is 2.57. The Bertz CT molecular complexity index is 2960. The van der Waals surface area contributed by atoms with E-state index in [-0.39, 0.29) is 22.6 Å². The number of morpholine rings is 1. The van der Waals surface area contributed by atoms with Crippen molar-refractivity contribution in [1.29, 1.82) is 0 Å². The molecule has 4 aliphatic rings. The summed E-state index contributed by atoms with van der Waals surface area (Å²) in [5.41, 5.74) is 19.2. The van der Waals surface area contributed by atoms with Gasteiger partial charge in [-0.05, 0) is 126 Å². The molecule has 2 amide bonds. The second-order valence-electron chi connectivity index (χ2n) is 23.4. The van der Waals surface area contributed by atoms with E-state index in [0.717, 1.165) is 61.7 Å². The van der Waals surface area contributed by atoms with Gasteiger partial charge in [-0.2, -0.15) is 0 Å². The van der Waals surface area contributed by atoms with Gasteiger partial charge in [-0.25, -0.2) is 0 Å². The number of ether oxygens (including phenoxy) is 1. The first-order valence-electron chi connectivity index (χ1n) is 30.0. The molecule has 394 valence electrons. The van der Waals surface area contributed by atoms with Crippen LogP contribution in [-0.2, 0) is 22.0 Å². The summed E-state index contributed by atoms with van der Waals surface area (Å²) >= 11 is 0. The molecule has 2 heterocycles. The van der Waals surface area contributed by atoms with E-state index in [1.54, 1.807) is 16.0 Å². The average molecular weight is 1000 g/mol. The van der Waals surface area contributed by atoms with Crippen LogP contribution >= 0.6 is 0 Å². The van der Waals surface area contributed by atoms with Crippen LogP contribution in [0.25, 0.3) is 33.0 Å². The van der Waals surface area contributed by atoms with Crippen molar-refractivity contribution in [1.82, 2.24) is 4.90 Å². The van der Waals surface area contributed by atoms with Crippen LogP contribution in [0.2, 0.25) is 0 Å². The Labute approximate surface area is 450 Å². The lowest BCUT2D eigenvalue weighted by Crippen LogP contribution is -2.42. The Morgan fingerprint density at radius 3 is 1.40 bits per heavy atom. The molecular weight excluding hydrogens is 917 g/mol. The van der Waals surface area contributed by atoms with Crippen molar-refractivity contribution >= 4 is 28.3 Å². The highest BCUT2D eigenvalue weighted by Gasteiger charge is 2.45. The second kappa shape index (κ2) is 23.8. The topological polar surface area (TPSA) is 49.9 Å². The zero-order chi connectivity index (χ0) is 51.9. The van der Waals surface area contributed by atoms with Crippen LogP contribution in [0, 0.1) is 13.8 Å². The molecule has 1 saturated heterocycles. The number of fused-ring (bicyclic) bond motifs is 6. The molecule has 1 unspecified atom stereocenters. The van der Waals surface area contributed by atoms with Crippen LogP contribution in [0.3, 0.4) is 0 Å². The van der Waals surface area contributed by atoms with Crippen LogP contribution in [0.5, 0.6) is 0 Å². The molecule has 2 aliphatic heterocycles. The third-order valence-corrected chi connectivity index (χ3v) is 18.2. The fourth-order valence-electron chi connectivity index (χ4n) is 14.3. The molecule has 0 aromatic heterocycles. The molecule has 0 N–H and O–H groups in total. The number of anilines is 1. The Balaban J connectivity index is 0.962. The number of unbranched alkanes of at least 4 members (excludes halogenated alkanes) is 13. The van der Waals surface area contributed by atoms with E-state index in [2.05, 4.69) is 124 Å². The van der Waals surface area contributed by atoms with Crippen LogP contribution in [0.4, 0.5) is 5.69 Å². The average Bonchev–Trinajstić information content (AvgIpc) is 3.84. The summed E-state index contributed by atoms with van der Waals surface area (Å²) in [6, 6.07) is 39.5. The fraction of sp³-hybridized carbons (Fsp3) is 0.486. The maximum Gasteiger partial charge on any atom is 0.261 e. The number of carbonyl (C=O) groups excluding carboxylic acids is 2. The van der Waals surface area contributed by atoms with Crippen molar-refractivity contribution in [2.24, 2.45) is 0 Å². The monoisotopic (exact) mass is 1000 g/mol. The first-order valence-corrected chi connectivity index (χ1v) is 30.0. The standard InChI is InChI=1S/C70H86N2O3/c1-6-9-12-15-17-20-37-69(38-21-18-16-13-10-7-2)61-45-50(4)26-30-54(61)56-32-28-52(48-63(56)69)47-53-29-33-57-55-31-27-51(5)46-62(55)70(64(57)49-53,36-19-14-11-8-3)39-23-40-72-67(73)59-25-22-24-58-65(71-41-43-75-44-42-71)35-34-60(66(58)59)68(72)74/h22,24-35,45-46,48-49H,6-21,23,36-44,47H2,1-5H3. The lowest BCUT2D eigenvalue weighted by atomic mass is 9.70. The molecular formula is C70H86N2O3. The molecule has 6 aromatic rings. The summed E-state index contributed by atoms with van der Waals surface area (Å²) in [6.45, 7) is 14.8. The normalized spacial score (nSPS) is 17.2. The molecule has 0 radical (unpaired) electrons. The van der Waals surface area contributed by atoms with E-state index >= 15 is 0 Å². The summed E-state index contributed by atoms with van der Waals surface area (Å²) < 4.78 is 5.66. The Hall–Kier alpha value is -5.52. The molecule has 2 aliphatic carbocycles. The van der Waals surface area contributed by atoms with Gasteiger partial charge in [0.2, 0.25) is 0 Å². The predicted octanol–water partition coefficient (Wildman–Crippen LogP) is 18.0. The van der Waals surface area contributed by atoms with Gasteiger partial charge < -0.3 is 9.64 Å². The van der Waals surface area contributed by atoms with E-state index in [0.29, 0.717) is 30.9 Å². The van der Waals surface area contributed by atoms with Crippen molar-refractivity contribution in [2.45, 2.75) is 187 Å². The maximum atomic E-state index is 14.6. The van der Waals surface area contributed by atoms with Crippen molar-refractivity contribution in [3.63, 3.8) is 0 Å². The number of benzene rings is 6. The van der Waals surface area contributed by atoms with Crippen molar-refractivity contribution in [3.05, 3.63) is 159 Å². The molecule has 1 fully saturated rings. The van der Waals surface area contributed by atoms with Gasteiger partial charge in [-0.1, -0.05) is 220 Å². The predicted molar refractivity (Wildman–Crippen MR) is 314 cm³/mol. The number of carbonyl (C=O) groups is 2. The summed E-state index contributed by atoms with van der Waals surface area (Å²) in [6.07, 6.45) is 26.6. The lowest BCUT2D eigenvalue weighted by molar-refractivity contribution is 0.0605. The number of hydrogen-bond donors (Lipinski definition) is 0. The third kappa shape index (κ3) is 10.5. The quantitative estimate of drug-likeness (QED) is 0.0401. The van der Waals surface area contributed by atoms with Crippen molar-refractivity contribution < 1.29 is 14.3 Å². The molecule has 0 bridgehead atoms. The fourth-order valence-corrected chi connectivity index (χ4v) is 14.3. The number of amides is 2. The number of nitrogens with zero attached hydrogens (tertiary/aromatic N) is 2. The summed E-state index contributed by atoms with van der Waals surface area (Å²) in [5.74, 6) is -0.342. The number of aryl methyl sites for hydroxylation is 2.